The van der Waals surface area contributed by atoms with Crippen molar-refractivity contribution < 1.29 is 28.6 Å². The number of aliphatic hydroxyl groups excluding tert-OH is 1. The fourth-order valence-electron chi connectivity index (χ4n) is 4.06. The molecule has 8 nitrogen and oxygen atoms in total. The third kappa shape index (κ3) is 3.46. The second kappa shape index (κ2) is 7.86. The van der Waals surface area contributed by atoms with Crippen LogP contribution in [0.15, 0.2) is 35.3 Å². The average Bonchev–Trinajstić information content (AvgIpc) is 2.85. The molecule has 1 aromatic carbocycles. The van der Waals surface area contributed by atoms with E-state index in [9.17, 15) is 33.4 Å². The molecule has 0 saturated carbocycles. The number of nitrogens with one attached hydrogen (secondary N) is 1. The molecule has 10 heteroatoms. The van der Waals surface area contributed by atoms with E-state index in [2.05, 4.69) is 5.32 Å². The minimum absolute atomic E-state index is 0.102. The van der Waals surface area contributed by atoms with Gasteiger partial charge in [0.2, 0.25) is 5.43 Å². The van der Waals surface area contributed by atoms with Crippen LogP contribution in [0.1, 0.15) is 44.9 Å². The van der Waals surface area contributed by atoms with Crippen molar-refractivity contribution in [2.45, 2.75) is 38.6 Å². The summed E-state index contributed by atoms with van der Waals surface area (Å²) in [6.45, 7) is 2.83. The van der Waals surface area contributed by atoms with Crippen LogP contribution in [0.3, 0.4) is 0 Å². The number of aromatic nitrogens is 1. The quantitative estimate of drug-likeness (QED) is 0.619. The Hall–Kier alpha value is -3.53. The number of carbonyl (C=O) groups is 2. The molecule has 3 heterocycles. The van der Waals surface area contributed by atoms with Crippen molar-refractivity contribution in [3.05, 3.63) is 74.7 Å². The lowest BCUT2D eigenvalue weighted by atomic mass is 10.0. The summed E-state index contributed by atoms with van der Waals surface area (Å²) in [4.78, 5) is 39.6. The number of fused-ring (bicyclic) bond motifs is 4. The number of aryl methyl sites for hydroxylation is 1. The van der Waals surface area contributed by atoms with Gasteiger partial charge in [-0.25, -0.2) is 8.78 Å². The molecule has 32 heavy (non-hydrogen) atoms. The summed E-state index contributed by atoms with van der Waals surface area (Å²) in [5, 5.41) is 23.2. The summed E-state index contributed by atoms with van der Waals surface area (Å²) in [6.07, 6.45) is 3.20. The number of nitrogens with zero attached hydrogens (tertiary/aromatic N) is 2. The van der Waals surface area contributed by atoms with E-state index in [-0.39, 0.29) is 23.8 Å². The van der Waals surface area contributed by atoms with Gasteiger partial charge in [-0.2, -0.15) is 0 Å². The summed E-state index contributed by atoms with van der Waals surface area (Å²) >= 11 is 0. The van der Waals surface area contributed by atoms with Gasteiger partial charge in [0, 0.05) is 30.9 Å². The minimum Gasteiger partial charge on any atom is -0.503 e. The number of hydrogen-bond acceptors (Lipinski definition) is 5. The molecule has 0 unspecified atom stereocenters. The molecule has 2 bridgehead atoms. The number of amides is 2. The Bertz CT molecular complexity index is 1200. The maximum Gasteiger partial charge on any atom is 0.275 e. The van der Waals surface area contributed by atoms with Gasteiger partial charge >= 0.3 is 0 Å². The summed E-state index contributed by atoms with van der Waals surface area (Å²) in [6, 6.07) is 1.12. The van der Waals surface area contributed by atoms with E-state index in [1.54, 1.807) is 13.0 Å². The van der Waals surface area contributed by atoms with E-state index >= 15 is 0 Å². The van der Waals surface area contributed by atoms with E-state index in [1.807, 2.05) is 0 Å². The maximum absolute atomic E-state index is 14.1. The van der Waals surface area contributed by atoms with E-state index in [4.69, 9.17) is 0 Å². The molecule has 0 radical (unpaired) electrons. The summed E-state index contributed by atoms with van der Waals surface area (Å²) in [5.74, 6) is -4.21. The average molecular weight is 445 g/mol. The van der Waals surface area contributed by atoms with Gasteiger partial charge in [0.15, 0.2) is 11.4 Å². The van der Waals surface area contributed by atoms with Crippen molar-refractivity contribution in [1.29, 1.82) is 0 Å². The molecular weight excluding hydrogens is 424 g/mol. The van der Waals surface area contributed by atoms with Crippen molar-refractivity contribution in [3.8, 4) is 5.75 Å². The van der Waals surface area contributed by atoms with Crippen LogP contribution in [-0.2, 0) is 6.54 Å². The number of rotatable bonds is 3. The van der Waals surface area contributed by atoms with Crippen LogP contribution in [0, 0.1) is 18.6 Å². The van der Waals surface area contributed by atoms with Crippen LogP contribution >= 0.6 is 0 Å². The molecule has 2 aliphatic rings. The fraction of sp³-hybridized carbons (Fsp3) is 0.318. The normalized spacial score (nSPS) is 21.8. The Morgan fingerprint density at radius 1 is 1.22 bits per heavy atom. The lowest BCUT2D eigenvalue weighted by Gasteiger charge is -2.38. The topological polar surface area (TPSA) is 112 Å². The molecule has 3 atom stereocenters. The van der Waals surface area contributed by atoms with Gasteiger partial charge in [0.05, 0.1) is 12.1 Å². The molecule has 0 aliphatic carbocycles. The van der Waals surface area contributed by atoms with Crippen LogP contribution in [0.4, 0.5) is 8.78 Å². The first kappa shape index (κ1) is 21.7. The number of carbonyl (C=O) groups excluding carboxylic acids is 2. The van der Waals surface area contributed by atoms with Gasteiger partial charge in [-0.05, 0) is 31.5 Å². The van der Waals surface area contributed by atoms with E-state index in [1.165, 1.54) is 22.5 Å². The number of hydrogen-bond donors (Lipinski definition) is 3. The highest BCUT2D eigenvalue weighted by Gasteiger charge is 2.40. The fourth-order valence-corrected chi connectivity index (χ4v) is 4.06. The van der Waals surface area contributed by atoms with E-state index in [0.717, 1.165) is 18.3 Å². The van der Waals surface area contributed by atoms with Crippen LogP contribution in [0.2, 0.25) is 0 Å². The Balaban J connectivity index is 1.71. The first-order valence-electron chi connectivity index (χ1n) is 9.98. The summed E-state index contributed by atoms with van der Waals surface area (Å²) in [7, 11) is 0. The van der Waals surface area contributed by atoms with Crippen LogP contribution < -0.4 is 10.7 Å². The molecule has 1 aromatic heterocycles. The van der Waals surface area contributed by atoms with Crippen molar-refractivity contribution in [2.75, 3.05) is 6.54 Å². The molecular formula is C22H21F2N3O5. The zero-order valence-electron chi connectivity index (χ0n) is 17.3. The highest BCUT2D eigenvalue weighted by Crippen LogP contribution is 2.32. The lowest BCUT2D eigenvalue weighted by molar-refractivity contribution is 0.0534. The maximum atomic E-state index is 14.1. The van der Waals surface area contributed by atoms with Crippen LogP contribution in [0.25, 0.3) is 0 Å². The standard InChI is InChI=1S/C22H21F2N3O5/c1-10-5-14(23)12(15(24)6-10)7-25-21(31)13-8-27-16-9-26(11(2)3-4-17(16)28)22(32)18(27)20(30)19(13)29/h3-6,8,11,16-17,28,30H,7,9H2,1-2H3,(H,25,31)/t11-,16+,17-/m0/s1. The number of aromatic hydroxyl groups is 1. The largest absolute Gasteiger partial charge is 0.503 e. The predicted octanol–water partition coefficient (Wildman–Crippen LogP) is 1.39. The number of pyridine rings is 1. The Kier molecular flexibility index (Phi) is 5.33. The van der Waals surface area contributed by atoms with Crippen molar-refractivity contribution in [2.24, 2.45) is 0 Å². The molecule has 2 aliphatic heterocycles. The SMILES string of the molecule is Cc1cc(F)c(CNC(=O)c2cn3c(c(O)c2=O)C(=O)N2C[C@@H]3[C@@H](O)C=C[C@@H]2C)c(F)c1. The van der Waals surface area contributed by atoms with Gasteiger partial charge in [-0.15, -0.1) is 0 Å². The molecule has 0 fully saturated rings. The predicted molar refractivity (Wildman–Crippen MR) is 109 cm³/mol. The lowest BCUT2D eigenvalue weighted by Crippen LogP contribution is -2.49. The Morgan fingerprint density at radius 3 is 2.53 bits per heavy atom. The monoisotopic (exact) mass is 445 g/mol. The Labute approximate surface area is 181 Å². The highest BCUT2D eigenvalue weighted by atomic mass is 19.1. The van der Waals surface area contributed by atoms with Crippen molar-refractivity contribution in [1.82, 2.24) is 14.8 Å². The molecule has 2 amide bonds. The number of benzene rings is 1. The molecule has 168 valence electrons. The van der Waals surface area contributed by atoms with E-state index < -0.39 is 58.9 Å². The molecule has 0 saturated heterocycles. The molecule has 4 rings (SSSR count). The summed E-state index contributed by atoms with van der Waals surface area (Å²) < 4.78 is 29.3. The second-order valence-corrected chi connectivity index (χ2v) is 8.01. The smallest absolute Gasteiger partial charge is 0.275 e. The zero-order valence-corrected chi connectivity index (χ0v) is 17.3. The number of aliphatic hydroxyl groups is 1. The first-order chi connectivity index (χ1) is 15.1. The minimum atomic E-state index is -1.10. The van der Waals surface area contributed by atoms with Gasteiger partial charge in [-0.1, -0.05) is 12.2 Å². The first-order valence-corrected chi connectivity index (χ1v) is 9.98. The van der Waals surface area contributed by atoms with Crippen molar-refractivity contribution >= 4 is 11.8 Å². The molecule has 2 aromatic rings. The van der Waals surface area contributed by atoms with Crippen molar-refractivity contribution in [3.63, 3.8) is 0 Å². The zero-order chi connectivity index (χ0) is 23.3. The highest BCUT2D eigenvalue weighted by molar-refractivity contribution is 5.99. The van der Waals surface area contributed by atoms with Gasteiger partial charge in [0.1, 0.15) is 17.2 Å². The molecule has 3 N–H and O–H groups in total. The molecule has 0 spiro atoms. The third-order valence-corrected chi connectivity index (χ3v) is 5.84. The van der Waals surface area contributed by atoms with Gasteiger partial charge in [0.25, 0.3) is 11.8 Å². The third-order valence-electron chi connectivity index (χ3n) is 5.84. The van der Waals surface area contributed by atoms with Gasteiger partial charge in [-0.3, -0.25) is 14.4 Å². The summed E-state index contributed by atoms with van der Waals surface area (Å²) in [5.41, 5.74) is -1.95. The van der Waals surface area contributed by atoms with E-state index in [0.29, 0.717) is 5.56 Å². The Morgan fingerprint density at radius 2 is 1.88 bits per heavy atom. The van der Waals surface area contributed by atoms with Gasteiger partial charge < -0.3 is 25.0 Å². The number of halogens is 2. The second-order valence-electron chi connectivity index (χ2n) is 8.01. The van der Waals surface area contributed by atoms with Crippen LogP contribution in [-0.4, -0.2) is 50.2 Å². The van der Waals surface area contributed by atoms with Crippen LogP contribution in [0.5, 0.6) is 5.75 Å².